The fourth-order valence-electron chi connectivity index (χ4n) is 3.18. The standard InChI is InChI=1S/C17H25N3/c1-18-17(19-15-9-5-6-10-15)20-16-12-14(16)11-13-7-3-2-4-8-13/h2-4,7-8,14-16H,5-6,9-12H2,1H3,(H2,18,19,20). The van der Waals surface area contributed by atoms with Gasteiger partial charge in [-0.2, -0.15) is 0 Å². The van der Waals surface area contributed by atoms with E-state index in [-0.39, 0.29) is 0 Å². The van der Waals surface area contributed by atoms with Gasteiger partial charge in [-0.1, -0.05) is 43.2 Å². The first-order valence-corrected chi connectivity index (χ1v) is 7.89. The lowest BCUT2D eigenvalue weighted by atomic mass is 10.1. The van der Waals surface area contributed by atoms with E-state index in [0.29, 0.717) is 12.1 Å². The van der Waals surface area contributed by atoms with E-state index in [1.165, 1.54) is 44.1 Å². The molecule has 3 rings (SSSR count). The molecule has 2 N–H and O–H groups in total. The first-order chi connectivity index (χ1) is 9.85. The molecule has 0 spiro atoms. The largest absolute Gasteiger partial charge is 0.354 e. The zero-order valence-electron chi connectivity index (χ0n) is 12.3. The summed E-state index contributed by atoms with van der Waals surface area (Å²) in [5, 5.41) is 7.14. The molecule has 2 aliphatic carbocycles. The average Bonchev–Trinajstić information content (AvgIpc) is 2.99. The Labute approximate surface area is 121 Å². The van der Waals surface area contributed by atoms with Crippen LogP contribution in [-0.4, -0.2) is 25.1 Å². The minimum Gasteiger partial charge on any atom is -0.354 e. The monoisotopic (exact) mass is 271 g/mol. The van der Waals surface area contributed by atoms with Gasteiger partial charge in [-0.05, 0) is 37.2 Å². The molecule has 2 aliphatic rings. The van der Waals surface area contributed by atoms with E-state index in [4.69, 9.17) is 0 Å². The predicted molar refractivity (Wildman–Crippen MR) is 83.9 cm³/mol. The molecule has 1 aromatic rings. The molecule has 0 amide bonds. The maximum absolute atomic E-state index is 4.37. The summed E-state index contributed by atoms with van der Waals surface area (Å²) >= 11 is 0. The molecule has 1 aromatic carbocycles. The Bertz CT molecular complexity index is 449. The Balaban J connectivity index is 1.44. The third-order valence-corrected chi connectivity index (χ3v) is 4.51. The minimum absolute atomic E-state index is 0.600. The zero-order chi connectivity index (χ0) is 13.8. The van der Waals surface area contributed by atoms with Gasteiger partial charge in [0.2, 0.25) is 0 Å². The van der Waals surface area contributed by atoms with E-state index in [1.807, 2.05) is 7.05 Å². The Kier molecular flexibility index (Phi) is 4.24. The van der Waals surface area contributed by atoms with Crippen molar-refractivity contribution >= 4 is 5.96 Å². The molecule has 20 heavy (non-hydrogen) atoms. The average molecular weight is 271 g/mol. The Morgan fingerprint density at radius 3 is 2.60 bits per heavy atom. The highest BCUT2D eigenvalue weighted by molar-refractivity contribution is 5.80. The quantitative estimate of drug-likeness (QED) is 0.652. The van der Waals surface area contributed by atoms with Gasteiger partial charge in [0.15, 0.2) is 5.96 Å². The number of hydrogen-bond donors (Lipinski definition) is 2. The summed E-state index contributed by atoms with van der Waals surface area (Å²) in [5.74, 6) is 1.76. The van der Waals surface area contributed by atoms with Crippen LogP contribution in [-0.2, 0) is 6.42 Å². The summed E-state index contributed by atoms with van der Waals surface area (Å²) in [6.45, 7) is 0. The van der Waals surface area contributed by atoms with E-state index in [1.54, 1.807) is 0 Å². The second-order valence-corrected chi connectivity index (χ2v) is 6.13. The van der Waals surface area contributed by atoms with Gasteiger partial charge in [0.1, 0.15) is 0 Å². The maximum atomic E-state index is 4.37. The summed E-state index contributed by atoms with van der Waals surface area (Å²) in [6, 6.07) is 12.0. The van der Waals surface area contributed by atoms with Crippen LogP contribution in [0.1, 0.15) is 37.7 Å². The van der Waals surface area contributed by atoms with Crippen molar-refractivity contribution < 1.29 is 0 Å². The molecule has 0 aromatic heterocycles. The van der Waals surface area contributed by atoms with Gasteiger partial charge in [0.05, 0.1) is 0 Å². The zero-order valence-corrected chi connectivity index (χ0v) is 12.3. The SMILES string of the molecule is CN=C(NC1CCCC1)NC1CC1Cc1ccccc1. The van der Waals surface area contributed by atoms with Crippen LogP contribution in [0.5, 0.6) is 0 Å². The van der Waals surface area contributed by atoms with Crippen LogP contribution in [0.4, 0.5) is 0 Å². The highest BCUT2D eigenvalue weighted by Crippen LogP contribution is 2.33. The molecule has 3 heteroatoms. The molecular formula is C17H25N3. The highest BCUT2D eigenvalue weighted by Gasteiger charge is 2.37. The van der Waals surface area contributed by atoms with Crippen LogP contribution >= 0.6 is 0 Å². The number of rotatable bonds is 4. The van der Waals surface area contributed by atoms with Gasteiger partial charge in [-0.15, -0.1) is 0 Å². The van der Waals surface area contributed by atoms with E-state index in [9.17, 15) is 0 Å². The first kappa shape index (κ1) is 13.5. The lowest BCUT2D eigenvalue weighted by molar-refractivity contribution is 0.608. The van der Waals surface area contributed by atoms with Crippen LogP contribution in [0.15, 0.2) is 35.3 Å². The minimum atomic E-state index is 0.600. The van der Waals surface area contributed by atoms with Crippen LogP contribution in [0.2, 0.25) is 0 Å². The lowest BCUT2D eigenvalue weighted by Crippen LogP contribution is -2.43. The van der Waals surface area contributed by atoms with E-state index in [2.05, 4.69) is 46.0 Å². The second kappa shape index (κ2) is 6.29. The molecule has 0 aliphatic heterocycles. The molecule has 0 radical (unpaired) electrons. The number of nitrogens with zero attached hydrogens (tertiary/aromatic N) is 1. The summed E-state index contributed by atoms with van der Waals surface area (Å²) in [6.07, 6.45) is 7.74. The molecule has 0 bridgehead atoms. The van der Waals surface area contributed by atoms with Gasteiger partial charge < -0.3 is 10.6 Å². The van der Waals surface area contributed by atoms with E-state index in [0.717, 1.165) is 11.9 Å². The second-order valence-electron chi connectivity index (χ2n) is 6.13. The lowest BCUT2D eigenvalue weighted by Gasteiger charge is -2.16. The van der Waals surface area contributed by atoms with Gasteiger partial charge in [-0.25, -0.2) is 0 Å². The Hall–Kier alpha value is -1.51. The number of hydrogen-bond acceptors (Lipinski definition) is 1. The van der Waals surface area contributed by atoms with Crippen molar-refractivity contribution in [1.29, 1.82) is 0 Å². The Morgan fingerprint density at radius 1 is 1.15 bits per heavy atom. The third kappa shape index (κ3) is 3.53. The van der Waals surface area contributed by atoms with Crippen molar-refractivity contribution in [3.63, 3.8) is 0 Å². The first-order valence-electron chi connectivity index (χ1n) is 7.89. The fourth-order valence-corrected chi connectivity index (χ4v) is 3.18. The highest BCUT2D eigenvalue weighted by atomic mass is 15.2. The summed E-state index contributed by atoms with van der Waals surface area (Å²) in [4.78, 5) is 4.37. The van der Waals surface area contributed by atoms with Crippen LogP contribution in [0.3, 0.4) is 0 Å². The van der Waals surface area contributed by atoms with Gasteiger partial charge in [0, 0.05) is 19.1 Å². The smallest absolute Gasteiger partial charge is 0.191 e. The van der Waals surface area contributed by atoms with Crippen molar-refractivity contribution in [2.45, 2.75) is 50.6 Å². The van der Waals surface area contributed by atoms with Crippen LogP contribution < -0.4 is 10.6 Å². The fraction of sp³-hybridized carbons (Fsp3) is 0.588. The van der Waals surface area contributed by atoms with Crippen molar-refractivity contribution in [1.82, 2.24) is 10.6 Å². The van der Waals surface area contributed by atoms with Crippen molar-refractivity contribution in [2.75, 3.05) is 7.05 Å². The van der Waals surface area contributed by atoms with Crippen molar-refractivity contribution in [3.8, 4) is 0 Å². The topological polar surface area (TPSA) is 36.4 Å². The van der Waals surface area contributed by atoms with E-state index < -0.39 is 0 Å². The van der Waals surface area contributed by atoms with Crippen LogP contribution in [0, 0.1) is 5.92 Å². The molecule has 0 saturated heterocycles. The normalized spacial score (nSPS) is 26.6. The van der Waals surface area contributed by atoms with Gasteiger partial charge in [-0.3, -0.25) is 4.99 Å². The van der Waals surface area contributed by atoms with E-state index >= 15 is 0 Å². The van der Waals surface area contributed by atoms with Crippen LogP contribution in [0.25, 0.3) is 0 Å². The maximum Gasteiger partial charge on any atom is 0.191 e. The molecule has 108 valence electrons. The molecular weight excluding hydrogens is 246 g/mol. The summed E-state index contributed by atoms with van der Waals surface area (Å²) < 4.78 is 0. The molecule has 2 fully saturated rings. The number of guanidine groups is 1. The van der Waals surface area contributed by atoms with Crippen molar-refractivity contribution in [3.05, 3.63) is 35.9 Å². The number of nitrogens with one attached hydrogen (secondary N) is 2. The van der Waals surface area contributed by atoms with Gasteiger partial charge in [0.25, 0.3) is 0 Å². The number of aliphatic imine (C=N–C) groups is 1. The predicted octanol–water partition coefficient (Wildman–Crippen LogP) is 2.73. The van der Waals surface area contributed by atoms with Gasteiger partial charge >= 0.3 is 0 Å². The molecule has 2 saturated carbocycles. The third-order valence-electron chi connectivity index (χ3n) is 4.51. The summed E-state index contributed by atoms with van der Waals surface area (Å²) in [5.41, 5.74) is 1.44. The molecule has 0 heterocycles. The molecule has 2 atom stereocenters. The Morgan fingerprint density at radius 2 is 1.90 bits per heavy atom. The molecule has 2 unspecified atom stereocenters. The summed E-state index contributed by atoms with van der Waals surface area (Å²) in [7, 11) is 1.87. The number of benzene rings is 1. The molecule has 3 nitrogen and oxygen atoms in total. The van der Waals surface area contributed by atoms with Crippen molar-refractivity contribution in [2.24, 2.45) is 10.9 Å².